The molecule has 0 spiro atoms. The SMILES string of the molecule is CC(=O)N[C@@H](Cc1ccccc1F)C(=O)N[C@@H](CCC(=O)C=N)C(=O)NCc1ccc(C)cc1. The van der Waals surface area contributed by atoms with E-state index in [0.717, 1.165) is 11.1 Å². The summed E-state index contributed by atoms with van der Waals surface area (Å²) in [6, 6.07) is 11.2. The molecule has 2 atom stereocenters. The van der Waals surface area contributed by atoms with Crippen LogP contribution in [0.4, 0.5) is 4.39 Å². The van der Waals surface area contributed by atoms with Crippen molar-refractivity contribution in [1.82, 2.24) is 16.0 Å². The Hall–Kier alpha value is -3.88. The second-order valence-corrected chi connectivity index (χ2v) is 7.96. The summed E-state index contributed by atoms with van der Waals surface area (Å²) >= 11 is 0. The number of hydrogen-bond donors (Lipinski definition) is 4. The molecule has 3 amide bonds. The van der Waals surface area contributed by atoms with Crippen molar-refractivity contribution in [3.8, 4) is 0 Å². The van der Waals surface area contributed by atoms with Crippen LogP contribution in [0.3, 0.4) is 0 Å². The van der Waals surface area contributed by atoms with Crippen LogP contribution in [0.5, 0.6) is 0 Å². The molecule has 0 unspecified atom stereocenters. The van der Waals surface area contributed by atoms with E-state index >= 15 is 0 Å². The van der Waals surface area contributed by atoms with Crippen LogP contribution >= 0.6 is 0 Å². The third-order valence-corrected chi connectivity index (χ3v) is 5.14. The van der Waals surface area contributed by atoms with Gasteiger partial charge in [-0.15, -0.1) is 0 Å². The van der Waals surface area contributed by atoms with Gasteiger partial charge in [0.25, 0.3) is 0 Å². The Kier molecular flexibility index (Phi) is 10.1. The molecule has 0 saturated carbocycles. The largest absolute Gasteiger partial charge is 0.350 e. The molecular formula is C25H29FN4O4. The van der Waals surface area contributed by atoms with Crippen molar-refractivity contribution >= 4 is 29.7 Å². The Balaban J connectivity index is 2.14. The van der Waals surface area contributed by atoms with Gasteiger partial charge in [0.2, 0.25) is 17.7 Å². The van der Waals surface area contributed by atoms with E-state index in [0.29, 0.717) is 6.21 Å². The first-order chi connectivity index (χ1) is 16.2. The van der Waals surface area contributed by atoms with Gasteiger partial charge in [-0.1, -0.05) is 48.0 Å². The zero-order valence-electron chi connectivity index (χ0n) is 19.2. The number of amides is 3. The highest BCUT2D eigenvalue weighted by molar-refractivity contribution is 6.26. The Morgan fingerprint density at radius 1 is 0.971 bits per heavy atom. The smallest absolute Gasteiger partial charge is 0.243 e. The van der Waals surface area contributed by atoms with Crippen molar-refractivity contribution < 1.29 is 23.6 Å². The van der Waals surface area contributed by atoms with Gasteiger partial charge in [-0.25, -0.2) is 4.39 Å². The Bertz CT molecular complexity index is 1040. The van der Waals surface area contributed by atoms with Crippen LogP contribution in [0.1, 0.15) is 36.5 Å². The summed E-state index contributed by atoms with van der Waals surface area (Å²) in [6.45, 7) is 3.39. The Morgan fingerprint density at radius 3 is 2.26 bits per heavy atom. The summed E-state index contributed by atoms with van der Waals surface area (Å²) < 4.78 is 14.1. The van der Waals surface area contributed by atoms with Crippen molar-refractivity contribution in [2.24, 2.45) is 0 Å². The topological polar surface area (TPSA) is 128 Å². The fourth-order valence-corrected chi connectivity index (χ4v) is 3.26. The zero-order chi connectivity index (χ0) is 25.1. The summed E-state index contributed by atoms with van der Waals surface area (Å²) in [5.74, 6) is -2.70. The summed E-state index contributed by atoms with van der Waals surface area (Å²) in [7, 11) is 0. The van der Waals surface area contributed by atoms with E-state index in [4.69, 9.17) is 5.41 Å². The predicted molar refractivity (Wildman–Crippen MR) is 126 cm³/mol. The molecule has 8 nitrogen and oxygen atoms in total. The van der Waals surface area contributed by atoms with Crippen LogP contribution in [-0.2, 0) is 32.1 Å². The average Bonchev–Trinajstić information content (AvgIpc) is 2.81. The lowest BCUT2D eigenvalue weighted by atomic mass is 10.0. The molecule has 0 aliphatic carbocycles. The van der Waals surface area contributed by atoms with E-state index in [2.05, 4.69) is 16.0 Å². The minimum Gasteiger partial charge on any atom is -0.350 e. The summed E-state index contributed by atoms with van der Waals surface area (Å²) in [5, 5.41) is 14.8. The van der Waals surface area contributed by atoms with Gasteiger partial charge in [-0.05, 0) is 30.5 Å². The third kappa shape index (κ3) is 8.57. The maximum absolute atomic E-state index is 14.1. The molecule has 0 bridgehead atoms. The third-order valence-electron chi connectivity index (χ3n) is 5.14. The normalized spacial score (nSPS) is 12.2. The van der Waals surface area contributed by atoms with Gasteiger partial charge < -0.3 is 21.4 Å². The number of hydrogen-bond acceptors (Lipinski definition) is 5. The molecule has 0 saturated heterocycles. The lowest BCUT2D eigenvalue weighted by Gasteiger charge is -2.23. The van der Waals surface area contributed by atoms with Crippen molar-refractivity contribution in [2.45, 2.75) is 51.7 Å². The zero-order valence-corrected chi connectivity index (χ0v) is 19.2. The first-order valence-electron chi connectivity index (χ1n) is 10.9. The van der Waals surface area contributed by atoms with Crippen LogP contribution in [0.2, 0.25) is 0 Å². The van der Waals surface area contributed by atoms with Gasteiger partial charge in [0, 0.05) is 26.3 Å². The van der Waals surface area contributed by atoms with Gasteiger partial charge in [0.15, 0.2) is 5.78 Å². The quantitative estimate of drug-likeness (QED) is 0.355. The standard InChI is InChI=1S/C25H29FN4O4/c1-16-7-9-18(10-8-16)15-28-24(33)22(12-11-20(32)14-27)30-25(34)23(29-17(2)31)13-19-5-3-4-6-21(19)26/h3-10,14,22-23,27H,11-13,15H2,1-2H3,(H,28,33)(H,29,31)(H,30,34)/t22-,23-/m0/s1. The molecule has 2 aromatic carbocycles. The molecule has 4 N–H and O–H groups in total. The lowest BCUT2D eigenvalue weighted by molar-refractivity contribution is -0.132. The van der Waals surface area contributed by atoms with E-state index in [-0.39, 0.29) is 31.4 Å². The number of nitrogens with one attached hydrogen (secondary N) is 4. The van der Waals surface area contributed by atoms with E-state index in [9.17, 15) is 23.6 Å². The highest BCUT2D eigenvalue weighted by Crippen LogP contribution is 2.10. The molecule has 0 heterocycles. The van der Waals surface area contributed by atoms with E-state index in [1.54, 1.807) is 6.07 Å². The number of ketones is 1. The molecule has 0 radical (unpaired) electrons. The molecular weight excluding hydrogens is 439 g/mol. The maximum atomic E-state index is 14.1. The summed E-state index contributed by atoms with van der Waals surface area (Å²) in [4.78, 5) is 49.1. The fraction of sp³-hybridized carbons (Fsp3) is 0.320. The van der Waals surface area contributed by atoms with Crippen LogP contribution in [0.25, 0.3) is 0 Å². The minimum absolute atomic E-state index is 0.0355. The molecule has 180 valence electrons. The van der Waals surface area contributed by atoms with Crippen LogP contribution < -0.4 is 16.0 Å². The summed E-state index contributed by atoms with van der Waals surface area (Å²) in [5.41, 5.74) is 2.16. The van der Waals surface area contributed by atoms with Crippen LogP contribution in [-0.4, -0.2) is 41.8 Å². The first kappa shape index (κ1) is 26.4. The second-order valence-electron chi connectivity index (χ2n) is 7.96. The van der Waals surface area contributed by atoms with Gasteiger partial charge >= 0.3 is 0 Å². The van der Waals surface area contributed by atoms with Gasteiger partial charge in [-0.3, -0.25) is 19.2 Å². The molecule has 2 aromatic rings. The Labute approximate surface area is 197 Å². The number of carbonyl (C=O) groups is 4. The number of rotatable bonds is 12. The molecule has 9 heteroatoms. The maximum Gasteiger partial charge on any atom is 0.243 e. The van der Waals surface area contributed by atoms with Gasteiger partial charge in [0.05, 0.1) is 6.21 Å². The van der Waals surface area contributed by atoms with E-state index < -0.39 is 41.4 Å². The Morgan fingerprint density at radius 2 is 1.65 bits per heavy atom. The minimum atomic E-state index is -1.12. The number of Topliss-reactive ketones (excluding diaryl/α,β-unsaturated/α-hetero) is 1. The predicted octanol–water partition coefficient (Wildman–Crippen LogP) is 1.98. The molecule has 0 aliphatic heterocycles. The van der Waals surface area contributed by atoms with Crippen LogP contribution in [0.15, 0.2) is 48.5 Å². The van der Waals surface area contributed by atoms with E-state index in [1.165, 1.54) is 25.1 Å². The monoisotopic (exact) mass is 468 g/mol. The van der Waals surface area contributed by atoms with Crippen LogP contribution in [0, 0.1) is 18.2 Å². The number of benzene rings is 2. The highest BCUT2D eigenvalue weighted by atomic mass is 19.1. The first-order valence-corrected chi connectivity index (χ1v) is 10.9. The van der Waals surface area contributed by atoms with Gasteiger partial charge in [-0.2, -0.15) is 0 Å². The fourth-order valence-electron chi connectivity index (χ4n) is 3.26. The van der Waals surface area contributed by atoms with Crippen molar-refractivity contribution in [3.63, 3.8) is 0 Å². The molecule has 0 aliphatic rings. The lowest BCUT2D eigenvalue weighted by Crippen LogP contribution is -2.54. The van der Waals surface area contributed by atoms with Crippen molar-refractivity contribution in [2.75, 3.05) is 0 Å². The van der Waals surface area contributed by atoms with Gasteiger partial charge in [0.1, 0.15) is 17.9 Å². The van der Waals surface area contributed by atoms with Crippen molar-refractivity contribution in [1.29, 1.82) is 5.41 Å². The second kappa shape index (κ2) is 13.0. The van der Waals surface area contributed by atoms with Crippen molar-refractivity contribution in [3.05, 3.63) is 71.0 Å². The average molecular weight is 469 g/mol. The molecule has 0 fully saturated rings. The number of carbonyl (C=O) groups excluding carboxylic acids is 4. The summed E-state index contributed by atoms with van der Waals surface area (Å²) in [6.07, 6.45) is 0.382. The van der Waals surface area contributed by atoms with E-state index in [1.807, 2.05) is 31.2 Å². The molecule has 34 heavy (non-hydrogen) atoms. The molecule has 2 rings (SSSR count). The number of halogens is 1. The highest BCUT2D eigenvalue weighted by Gasteiger charge is 2.27. The number of aryl methyl sites for hydroxylation is 1. The molecule has 0 aromatic heterocycles.